The van der Waals surface area contributed by atoms with E-state index >= 15 is 0 Å². The van der Waals surface area contributed by atoms with Crippen LogP contribution >= 0.6 is 0 Å². The van der Waals surface area contributed by atoms with Gasteiger partial charge in [0, 0.05) is 36.0 Å². The van der Waals surface area contributed by atoms with Gasteiger partial charge in [0.05, 0.1) is 0 Å². The van der Waals surface area contributed by atoms with Crippen LogP contribution in [0.2, 0.25) is 0 Å². The Balaban J connectivity index is 2.11. The van der Waals surface area contributed by atoms with Crippen molar-refractivity contribution in [1.82, 2.24) is 9.80 Å². The number of carbonyl (C=O) groups excluding carboxylic acids is 1. The van der Waals surface area contributed by atoms with Gasteiger partial charge in [0.25, 0.3) is 0 Å². The predicted octanol–water partition coefficient (Wildman–Crippen LogP) is 2.36. The monoisotopic (exact) mass is 252 g/mol. The Morgan fingerprint density at radius 3 is 2.11 bits per heavy atom. The third-order valence-corrected chi connectivity index (χ3v) is 4.49. The summed E-state index contributed by atoms with van der Waals surface area (Å²) in [5.41, 5.74) is 0.199. The number of rotatable bonds is 0. The highest BCUT2D eigenvalue weighted by Crippen LogP contribution is 2.37. The van der Waals surface area contributed by atoms with E-state index in [1.807, 2.05) is 0 Å². The van der Waals surface area contributed by atoms with Crippen LogP contribution in [0.1, 0.15) is 48.0 Å². The highest BCUT2D eigenvalue weighted by Gasteiger charge is 2.47. The standard InChI is InChI=1S/C15H28N2O/c1-14(2,3)16-8-7-12-11(9-16)10-17(13(12)18)15(4,5)6/h11-12H,7-10H2,1-6H3. The Labute approximate surface area is 112 Å². The first kappa shape index (κ1) is 13.9. The molecule has 0 aliphatic carbocycles. The van der Waals surface area contributed by atoms with Gasteiger partial charge in [0.15, 0.2) is 0 Å². The second-order valence-electron chi connectivity index (χ2n) is 7.89. The maximum atomic E-state index is 12.5. The van der Waals surface area contributed by atoms with Gasteiger partial charge in [-0.3, -0.25) is 9.69 Å². The summed E-state index contributed by atoms with van der Waals surface area (Å²) in [6, 6.07) is 0. The quantitative estimate of drug-likeness (QED) is 0.661. The Bertz CT molecular complexity index is 337. The van der Waals surface area contributed by atoms with Crippen LogP contribution in [0.3, 0.4) is 0 Å². The summed E-state index contributed by atoms with van der Waals surface area (Å²) in [5, 5.41) is 0. The Kier molecular flexibility index (Phi) is 3.25. The largest absolute Gasteiger partial charge is 0.337 e. The Morgan fingerprint density at radius 2 is 1.61 bits per heavy atom. The number of hydrogen-bond donors (Lipinski definition) is 0. The van der Waals surface area contributed by atoms with E-state index in [-0.39, 0.29) is 17.0 Å². The number of piperidine rings is 1. The fraction of sp³-hybridized carbons (Fsp3) is 0.933. The first-order chi connectivity index (χ1) is 8.10. The molecule has 0 aromatic heterocycles. The zero-order valence-corrected chi connectivity index (χ0v) is 12.8. The average Bonchev–Trinajstić information content (AvgIpc) is 2.54. The number of nitrogens with zero attached hydrogens (tertiary/aromatic N) is 2. The van der Waals surface area contributed by atoms with Crippen LogP contribution in [0.4, 0.5) is 0 Å². The van der Waals surface area contributed by atoms with E-state index in [1.54, 1.807) is 0 Å². The van der Waals surface area contributed by atoms with Crippen molar-refractivity contribution in [3.05, 3.63) is 0 Å². The highest BCUT2D eigenvalue weighted by atomic mass is 16.2. The first-order valence-electron chi connectivity index (χ1n) is 7.17. The molecule has 2 aliphatic heterocycles. The molecule has 0 radical (unpaired) electrons. The average molecular weight is 252 g/mol. The van der Waals surface area contributed by atoms with Crippen LogP contribution in [-0.4, -0.2) is 46.4 Å². The molecule has 2 unspecified atom stereocenters. The van der Waals surface area contributed by atoms with E-state index in [1.165, 1.54) is 0 Å². The van der Waals surface area contributed by atoms with Gasteiger partial charge in [-0.1, -0.05) is 0 Å². The molecule has 2 saturated heterocycles. The minimum absolute atomic E-state index is 0.0268. The van der Waals surface area contributed by atoms with Crippen molar-refractivity contribution in [2.45, 2.75) is 59.0 Å². The number of likely N-dealkylation sites (tertiary alicyclic amines) is 2. The Morgan fingerprint density at radius 1 is 1.00 bits per heavy atom. The smallest absolute Gasteiger partial charge is 0.226 e. The molecule has 2 fully saturated rings. The molecule has 0 aromatic rings. The fourth-order valence-electron chi connectivity index (χ4n) is 3.28. The van der Waals surface area contributed by atoms with Gasteiger partial charge >= 0.3 is 0 Å². The van der Waals surface area contributed by atoms with Crippen LogP contribution in [0, 0.1) is 11.8 Å². The van der Waals surface area contributed by atoms with Crippen LogP contribution in [0.5, 0.6) is 0 Å². The van der Waals surface area contributed by atoms with E-state index in [4.69, 9.17) is 0 Å². The van der Waals surface area contributed by atoms with Crippen LogP contribution in [-0.2, 0) is 4.79 Å². The summed E-state index contributed by atoms with van der Waals surface area (Å²) < 4.78 is 0. The van der Waals surface area contributed by atoms with Gasteiger partial charge in [-0.15, -0.1) is 0 Å². The fourth-order valence-corrected chi connectivity index (χ4v) is 3.28. The molecule has 2 aliphatic rings. The maximum Gasteiger partial charge on any atom is 0.226 e. The molecule has 3 nitrogen and oxygen atoms in total. The van der Waals surface area contributed by atoms with Gasteiger partial charge in [0.2, 0.25) is 5.91 Å². The molecule has 0 saturated carbocycles. The van der Waals surface area contributed by atoms with Crippen molar-refractivity contribution < 1.29 is 4.79 Å². The summed E-state index contributed by atoms with van der Waals surface area (Å²) in [6.45, 7) is 16.3. The van der Waals surface area contributed by atoms with Crippen LogP contribution in [0.25, 0.3) is 0 Å². The lowest BCUT2D eigenvalue weighted by atomic mass is 9.86. The molecule has 0 bridgehead atoms. The molecule has 0 aromatic carbocycles. The van der Waals surface area contributed by atoms with E-state index in [9.17, 15) is 4.79 Å². The van der Waals surface area contributed by atoms with E-state index < -0.39 is 0 Å². The van der Waals surface area contributed by atoms with E-state index in [0.717, 1.165) is 26.1 Å². The lowest BCUT2D eigenvalue weighted by Crippen LogP contribution is -2.49. The third-order valence-electron chi connectivity index (χ3n) is 4.49. The zero-order valence-electron chi connectivity index (χ0n) is 12.8. The molecule has 0 N–H and O–H groups in total. The number of hydrogen-bond acceptors (Lipinski definition) is 2. The molecule has 2 heterocycles. The molecule has 2 atom stereocenters. The topological polar surface area (TPSA) is 23.6 Å². The number of carbonyl (C=O) groups is 1. The summed E-state index contributed by atoms with van der Waals surface area (Å²) >= 11 is 0. The van der Waals surface area contributed by atoms with Crippen molar-refractivity contribution >= 4 is 5.91 Å². The summed E-state index contributed by atoms with van der Waals surface area (Å²) in [4.78, 5) is 17.1. The molecular formula is C15H28N2O. The summed E-state index contributed by atoms with van der Waals surface area (Å²) in [6.07, 6.45) is 1.04. The number of fused-ring (bicyclic) bond motifs is 1. The molecule has 0 spiro atoms. The van der Waals surface area contributed by atoms with Crippen LogP contribution in [0.15, 0.2) is 0 Å². The molecule has 3 heteroatoms. The van der Waals surface area contributed by atoms with Gasteiger partial charge < -0.3 is 4.90 Å². The van der Waals surface area contributed by atoms with Crippen molar-refractivity contribution in [1.29, 1.82) is 0 Å². The minimum atomic E-state index is -0.0268. The SMILES string of the molecule is CC(C)(C)N1CCC2C(=O)N(C(C)(C)C)CC2C1. The normalized spacial score (nSPS) is 30.8. The van der Waals surface area contributed by atoms with Gasteiger partial charge in [0.1, 0.15) is 0 Å². The molecule has 18 heavy (non-hydrogen) atoms. The molecule has 1 amide bonds. The van der Waals surface area contributed by atoms with Crippen molar-refractivity contribution in [2.75, 3.05) is 19.6 Å². The van der Waals surface area contributed by atoms with Gasteiger partial charge in [-0.05, 0) is 54.5 Å². The van der Waals surface area contributed by atoms with Crippen LogP contribution < -0.4 is 0 Å². The second kappa shape index (κ2) is 4.22. The molecule has 104 valence electrons. The molecular weight excluding hydrogens is 224 g/mol. The van der Waals surface area contributed by atoms with Gasteiger partial charge in [-0.2, -0.15) is 0 Å². The lowest BCUT2D eigenvalue weighted by Gasteiger charge is -2.42. The van der Waals surface area contributed by atoms with Crippen molar-refractivity contribution in [3.8, 4) is 0 Å². The zero-order chi connectivity index (χ0) is 13.7. The van der Waals surface area contributed by atoms with E-state index in [0.29, 0.717) is 11.8 Å². The van der Waals surface area contributed by atoms with Crippen molar-refractivity contribution in [2.24, 2.45) is 11.8 Å². The van der Waals surface area contributed by atoms with Gasteiger partial charge in [-0.25, -0.2) is 0 Å². The minimum Gasteiger partial charge on any atom is -0.337 e. The maximum absolute atomic E-state index is 12.5. The lowest BCUT2D eigenvalue weighted by molar-refractivity contribution is -0.135. The summed E-state index contributed by atoms with van der Waals surface area (Å²) in [5.74, 6) is 1.20. The Hall–Kier alpha value is -0.570. The first-order valence-corrected chi connectivity index (χ1v) is 7.17. The highest BCUT2D eigenvalue weighted by molar-refractivity contribution is 5.82. The second-order valence-corrected chi connectivity index (χ2v) is 7.89. The molecule has 2 rings (SSSR count). The van der Waals surface area contributed by atoms with Crippen molar-refractivity contribution in [3.63, 3.8) is 0 Å². The number of amides is 1. The third kappa shape index (κ3) is 2.42. The summed E-state index contributed by atoms with van der Waals surface area (Å²) in [7, 11) is 0. The predicted molar refractivity (Wildman–Crippen MR) is 74.4 cm³/mol. The van der Waals surface area contributed by atoms with E-state index in [2.05, 4.69) is 51.3 Å².